The van der Waals surface area contributed by atoms with E-state index < -0.39 is 11.5 Å². The first kappa shape index (κ1) is 15.5. The van der Waals surface area contributed by atoms with Crippen molar-refractivity contribution in [2.24, 2.45) is 5.73 Å². The fraction of sp³-hybridized carbons (Fsp3) is 0.500. The third-order valence-corrected chi connectivity index (χ3v) is 2.29. The van der Waals surface area contributed by atoms with Gasteiger partial charge in [0.05, 0.1) is 6.61 Å². The fourth-order valence-corrected chi connectivity index (χ4v) is 1.10. The lowest BCUT2D eigenvalue weighted by atomic mass is 9.99. The van der Waals surface area contributed by atoms with E-state index in [0.717, 1.165) is 6.54 Å². The van der Waals surface area contributed by atoms with E-state index in [1.807, 2.05) is 0 Å². The van der Waals surface area contributed by atoms with Crippen LogP contribution in [-0.2, 0) is 14.3 Å². The molecule has 0 aromatic rings. The van der Waals surface area contributed by atoms with Crippen LogP contribution >= 0.6 is 0 Å². The summed E-state index contributed by atoms with van der Waals surface area (Å²) in [6, 6.07) is 0. The van der Waals surface area contributed by atoms with Gasteiger partial charge in [0.2, 0.25) is 5.91 Å². The number of hydrogen-bond acceptors (Lipinski definition) is 4. The third kappa shape index (κ3) is 5.42. The molecule has 96 valence electrons. The smallest absolute Gasteiger partial charge is 0.243 e. The number of carbonyl (C=O) groups excluding carboxylic acids is 2. The van der Waals surface area contributed by atoms with Gasteiger partial charge in [-0.1, -0.05) is 13.2 Å². The van der Waals surface area contributed by atoms with Crippen LogP contribution in [0.4, 0.5) is 0 Å². The molecule has 1 saturated heterocycles. The zero-order chi connectivity index (χ0) is 13.5. The molecule has 1 atom stereocenters. The Bertz CT molecular complexity index is 306. The molecule has 17 heavy (non-hydrogen) atoms. The molecule has 1 rings (SSSR count). The standard InChI is InChI=1S/C8H13NO2.C4H7NO/c1-3-7(10)8(2)6-9-4-5-11-8;1-3(2)4(5)6/h3,9H,1,4-6H2,2H3;1H2,2H3,(H2,5,6). The molecule has 3 N–H and O–H groups in total. The molecule has 5 nitrogen and oxygen atoms in total. The van der Waals surface area contributed by atoms with Gasteiger partial charge in [-0.15, -0.1) is 0 Å². The maximum atomic E-state index is 11.2. The summed E-state index contributed by atoms with van der Waals surface area (Å²) < 4.78 is 5.33. The second kappa shape index (κ2) is 6.98. The highest BCUT2D eigenvalue weighted by Crippen LogP contribution is 2.13. The van der Waals surface area contributed by atoms with Gasteiger partial charge in [-0.05, 0) is 19.9 Å². The molecule has 1 aliphatic rings. The maximum Gasteiger partial charge on any atom is 0.243 e. The number of primary amides is 1. The molecule has 0 bridgehead atoms. The van der Waals surface area contributed by atoms with E-state index in [0.29, 0.717) is 18.7 Å². The minimum absolute atomic E-state index is 0.0512. The van der Waals surface area contributed by atoms with Gasteiger partial charge >= 0.3 is 0 Å². The Labute approximate surface area is 102 Å². The molecule has 1 fully saturated rings. The Morgan fingerprint density at radius 1 is 1.53 bits per heavy atom. The van der Waals surface area contributed by atoms with E-state index in [2.05, 4.69) is 18.5 Å². The summed E-state index contributed by atoms with van der Waals surface area (Å²) >= 11 is 0. The summed E-state index contributed by atoms with van der Waals surface area (Å²) in [5, 5.41) is 3.10. The summed E-state index contributed by atoms with van der Waals surface area (Å²) in [5.41, 5.74) is 4.41. The number of hydrogen-bond donors (Lipinski definition) is 2. The lowest BCUT2D eigenvalue weighted by Crippen LogP contribution is -2.52. The lowest BCUT2D eigenvalue weighted by molar-refractivity contribution is -0.140. The number of nitrogens with two attached hydrogens (primary N) is 1. The summed E-state index contributed by atoms with van der Waals surface area (Å²) in [5.74, 6) is -0.486. The number of carbonyl (C=O) groups is 2. The van der Waals surface area contributed by atoms with Crippen LogP contribution in [0, 0.1) is 0 Å². The molecule has 1 unspecified atom stereocenters. The van der Waals surface area contributed by atoms with Crippen LogP contribution in [0.5, 0.6) is 0 Å². The van der Waals surface area contributed by atoms with E-state index in [-0.39, 0.29) is 5.78 Å². The molecule has 0 saturated carbocycles. The number of rotatable bonds is 3. The van der Waals surface area contributed by atoms with E-state index in [1.165, 1.54) is 6.08 Å². The van der Waals surface area contributed by atoms with Crippen LogP contribution in [0.25, 0.3) is 0 Å². The SMILES string of the molecule is C=C(C)C(N)=O.C=CC(=O)C1(C)CNCCO1. The van der Waals surface area contributed by atoms with Crippen molar-refractivity contribution in [1.29, 1.82) is 0 Å². The molecule has 1 aliphatic heterocycles. The van der Waals surface area contributed by atoms with Crippen LogP contribution in [0.1, 0.15) is 13.8 Å². The molecular weight excluding hydrogens is 220 g/mol. The first-order valence-corrected chi connectivity index (χ1v) is 5.30. The molecule has 0 aliphatic carbocycles. The van der Waals surface area contributed by atoms with Gasteiger partial charge in [0.1, 0.15) is 5.60 Å². The summed E-state index contributed by atoms with van der Waals surface area (Å²) in [7, 11) is 0. The molecule has 0 aromatic carbocycles. The Kier molecular flexibility index (Phi) is 6.38. The molecule has 1 heterocycles. The Morgan fingerprint density at radius 3 is 2.35 bits per heavy atom. The van der Waals surface area contributed by atoms with E-state index in [4.69, 9.17) is 10.5 Å². The van der Waals surface area contributed by atoms with Crippen molar-refractivity contribution in [3.63, 3.8) is 0 Å². The lowest BCUT2D eigenvalue weighted by Gasteiger charge is -2.31. The third-order valence-electron chi connectivity index (χ3n) is 2.29. The minimum Gasteiger partial charge on any atom is -0.366 e. The Morgan fingerprint density at radius 2 is 2.06 bits per heavy atom. The first-order chi connectivity index (χ1) is 7.83. The quantitative estimate of drug-likeness (QED) is 0.689. The van der Waals surface area contributed by atoms with Crippen molar-refractivity contribution in [1.82, 2.24) is 5.32 Å². The predicted octanol–water partition coefficient (Wildman–Crippen LogP) is 0.168. The topological polar surface area (TPSA) is 81.4 Å². The molecule has 0 aromatic heterocycles. The van der Waals surface area contributed by atoms with Crippen molar-refractivity contribution in [2.75, 3.05) is 19.7 Å². The van der Waals surface area contributed by atoms with Crippen LogP contribution in [-0.4, -0.2) is 37.0 Å². The summed E-state index contributed by atoms with van der Waals surface area (Å²) in [4.78, 5) is 21.0. The van der Waals surface area contributed by atoms with Crippen LogP contribution in [0.3, 0.4) is 0 Å². The maximum absolute atomic E-state index is 11.2. The van der Waals surface area contributed by atoms with Crippen molar-refractivity contribution >= 4 is 11.7 Å². The number of ketones is 1. The predicted molar refractivity (Wildman–Crippen MR) is 66.4 cm³/mol. The number of ether oxygens (including phenoxy) is 1. The van der Waals surface area contributed by atoms with Gasteiger partial charge in [0, 0.05) is 18.7 Å². The van der Waals surface area contributed by atoms with E-state index in [1.54, 1.807) is 13.8 Å². The molecular formula is C12H20N2O3. The van der Waals surface area contributed by atoms with Gasteiger partial charge in [0.25, 0.3) is 0 Å². The number of amides is 1. The number of morpholine rings is 1. The Hall–Kier alpha value is -1.46. The van der Waals surface area contributed by atoms with Crippen LogP contribution in [0.15, 0.2) is 24.8 Å². The second-order valence-electron chi connectivity index (χ2n) is 3.97. The highest BCUT2D eigenvalue weighted by molar-refractivity contribution is 5.96. The van der Waals surface area contributed by atoms with Crippen LogP contribution < -0.4 is 11.1 Å². The normalized spacial score (nSPS) is 22.9. The van der Waals surface area contributed by atoms with E-state index in [9.17, 15) is 9.59 Å². The van der Waals surface area contributed by atoms with Gasteiger partial charge in [0.15, 0.2) is 5.78 Å². The minimum atomic E-state index is -0.681. The average molecular weight is 240 g/mol. The van der Waals surface area contributed by atoms with Gasteiger partial charge in [-0.3, -0.25) is 9.59 Å². The first-order valence-electron chi connectivity index (χ1n) is 5.30. The van der Waals surface area contributed by atoms with E-state index >= 15 is 0 Å². The van der Waals surface area contributed by atoms with Crippen molar-refractivity contribution in [3.05, 3.63) is 24.8 Å². The molecule has 0 radical (unpaired) electrons. The largest absolute Gasteiger partial charge is 0.366 e. The summed E-state index contributed by atoms with van der Waals surface area (Å²) in [6.45, 7) is 12.1. The van der Waals surface area contributed by atoms with Crippen molar-refractivity contribution in [2.45, 2.75) is 19.4 Å². The fourth-order valence-electron chi connectivity index (χ4n) is 1.10. The highest BCUT2D eigenvalue weighted by atomic mass is 16.5. The zero-order valence-electron chi connectivity index (χ0n) is 10.4. The van der Waals surface area contributed by atoms with Gasteiger partial charge in [-0.25, -0.2) is 0 Å². The highest BCUT2D eigenvalue weighted by Gasteiger charge is 2.33. The molecule has 0 spiro atoms. The van der Waals surface area contributed by atoms with Crippen molar-refractivity contribution in [3.8, 4) is 0 Å². The van der Waals surface area contributed by atoms with Gasteiger partial charge in [-0.2, -0.15) is 0 Å². The zero-order valence-corrected chi connectivity index (χ0v) is 10.4. The van der Waals surface area contributed by atoms with Crippen molar-refractivity contribution < 1.29 is 14.3 Å². The molecule has 5 heteroatoms. The summed E-state index contributed by atoms with van der Waals surface area (Å²) in [6.07, 6.45) is 1.31. The number of nitrogens with one attached hydrogen (secondary N) is 1. The molecule has 1 amide bonds. The average Bonchev–Trinajstić information content (AvgIpc) is 2.29. The Balaban J connectivity index is 0.000000366. The monoisotopic (exact) mass is 240 g/mol. The van der Waals surface area contributed by atoms with Gasteiger partial charge < -0.3 is 15.8 Å². The van der Waals surface area contributed by atoms with Crippen LogP contribution in [0.2, 0.25) is 0 Å². The second-order valence-corrected chi connectivity index (χ2v) is 3.97.